The highest BCUT2D eigenvalue weighted by Crippen LogP contribution is 2.03. The topological polar surface area (TPSA) is 63.0 Å². The van der Waals surface area contributed by atoms with Gasteiger partial charge in [0.05, 0.1) is 0 Å². The van der Waals surface area contributed by atoms with E-state index in [4.69, 9.17) is 0 Å². The first-order chi connectivity index (χ1) is 8.20. The fraction of sp³-hybridized carbons (Fsp3) is 0.364. The summed E-state index contributed by atoms with van der Waals surface area (Å²) in [6.07, 6.45) is 3.78. The van der Waals surface area contributed by atoms with Crippen molar-refractivity contribution < 1.29 is 4.79 Å². The molecule has 6 heteroatoms. The van der Waals surface area contributed by atoms with Crippen molar-refractivity contribution in [2.75, 3.05) is 0 Å². The molecule has 0 unspecified atom stereocenters. The Labute approximate surface area is 103 Å². The van der Waals surface area contributed by atoms with Crippen LogP contribution in [0.1, 0.15) is 29.5 Å². The van der Waals surface area contributed by atoms with E-state index in [2.05, 4.69) is 22.1 Å². The molecule has 0 aliphatic heterocycles. The minimum Gasteiger partial charge on any atom is -0.327 e. The fourth-order valence-electron chi connectivity index (χ4n) is 1.45. The Kier molecular flexibility index (Phi) is 3.53. The zero-order valence-corrected chi connectivity index (χ0v) is 10.6. The number of nitrogens with one attached hydrogen (secondary N) is 1. The standard InChI is InChI=1S/C11H14N4OS/c1-3-4-8-7-9(14-13-8)10(16)12-11-15(2)5-6-17-11/h5-7H,3-4H2,1-2H3,(H,13,14). The molecule has 90 valence electrons. The molecule has 2 aromatic heterocycles. The summed E-state index contributed by atoms with van der Waals surface area (Å²) in [4.78, 5) is 16.5. The summed E-state index contributed by atoms with van der Waals surface area (Å²) in [5, 5.41) is 8.71. The molecule has 2 aromatic rings. The number of amides is 1. The van der Waals surface area contributed by atoms with E-state index in [0.29, 0.717) is 10.5 Å². The second-order valence-corrected chi connectivity index (χ2v) is 4.61. The SMILES string of the molecule is CCCc1cc(C(=O)N=c2sccn2C)n[nH]1. The predicted octanol–water partition coefficient (Wildman–Crippen LogP) is 1.50. The Balaban J connectivity index is 2.23. The molecule has 1 amide bonds. The number of thiazole rings is 1. The summed E-state index contributed by atoms with van der Waals surface area (Å²) < 4.78 is 1.81. The van der Waals surface area contributed by atoms with Gasteiger partial charge in [0.15, 0.2) is 10.5 Å². The molecule has 0 atom stereocenters. The zero-order valence-electron chi connectivity index (χ0n) is 9.80. The van der Waals surface area contributed by atoms with E-state index in [1.165, 1.54) is 11.3 Å². The van der Waals surface area contributed by atoms with E-state index in [1.807, 2.05) is 23.2 Å². The highest BCUT2D eigenvalue weighted by molar-refractivity contribution is 7.07. The average Bonchev–Trinajstić information content (AvgIpc) is 2.90. The molecule has 0 spiro atoms. The number of aryl methyl sites for hydroxylation is 2. The molecule has 1 N–H and O–H groups in total. The van der Waals surface area contributed by atoms with E-state index in [9.17, 15) is 4.79 Å². The van der Waals surface area contributed by atoms with Crippen LogP contribution in [0.25, 0.3) is 0 Å². The van der Waals surface area contributed by atoms with Crippen LogP contribution in [-0.4, -0.2) is 20.7 Å². The maximum atomic E-state index is 11.8. The maximum Gasteiger partial charge on any atom is 0.300 e. The van der Waals surface area contributed by atoms with Crippen LogP contribution in [0.5, 0.6) is 0 Å². The molecule has 2 heterocycles. The minimum atomic E-state index is -0.304. The van der Waals surface area contributed by atoms with Crippen LogP contribution in [0.4, 0.5) is 0 Å². The number of nitrogens with zero attached hydrogens (tertiary/aromatic N) is 3. The normalized spacial score (nSPS) is 12.0. The largest absolute Gasteiger partial charge is 0.327 e. The lowest BCUT2D eigenvalue weighted by molar-refractivity contribution is 0.0993. The van der Waals surface area contributed by atoms with E-state index in [0.717, 1.165) is 18.5 Å². The number of hydrogen-bond acceptors (Lipinski definition) is 3. The Bertz CT molecular complexity index is 578. The van der Waals surface area contributed by atoms with Crippen molar-refractivity contribution in [1.82, 2.24) is 14.8 Å². The molecular weight excluding hydrogens is 236 g/mol. The molecular formula is C11H14N4OS. The third kappa shape index (κ3) is 2.71. The van der Waals surface area contributed by atoms with E-state index in [-0.39, 0.29) is 5.91 Å². The summed E-state index contributed by atoms with van der Waals surface area (Å²) in [5.41, 5.74) is 1.35. The third-order valence-corrected chi connectivity index (χ3v) is 3.17. The molecule has 0 aromatic carbocycles. The fourth-order valence-corrected chi connectivity index (χ4v) is 2.18. The van der Waals surface area contributed by atoms with Crippen molar-refractivity contribution in [2.24, 2.45) is 12.0 Å². The monoisotopic (exact) mass is 250 g/mol. The van der Waals surface area contributed by atoms with Gasteiger partial charge in [-0.3, -0.25) is 9.89 Å². The average molecular weight is 250 g/mol. The summed E-state index contributed by atoms with van der Waals surface area (Å²) in [5.74, 6) is -0.304. The van der Waals surface area contributed by atoms with Crippen molar-refractivity contribution in [3.63, 3.8) is 0 Å². The molecule has 5 nitrogen and oxygen atoms in total. The molecule has 0 fully saturated rings. The van der Waals surface area contributed by atoms with Gasteiger partial charge in [-0.15, -0.1) is 11.3 Å². The van der Waals surface area contributed by atoms with E-state index >= 15 is 0 Å². The highest BCUT2D eigenvalue weighted by Gasteiger charge is 2.09. The molecule has 17 heavy (non-hydrogen) atoms. The van der Waals surface area contributed by atoms with Gasteiger partial charge in [-0.1, -0.05) is 13.3 Å². The Morgan fingerprint density at radius 3 is 3.12 bits per heavy atom. The van der Waals surface area contributed by atoms with Crippen LogP contribution < -0.4 is 4.80 Å². The summed E-state index contributed by atoms with van der Waals surface area (Å²) in [7, 11) is 1.86. The quantitative estimate of drug-likeness (QED) is 0.897. The van der Waals surface area contributed by atoms with Crippen LogP contribution in [-0.2, 0) is 13.5 Å². The van der Waals surface area contributed by atoms with Crippen LogP contribution in [0.15, 0.2) is 22.6 Å². The molecule has 2 rings (SSSR count). The van der Waals surface area contributed by atoms with Crippen molar-refractivity contribution in [1.29, 1.82) is 0 Å². The molecule has 0 bridgehead atoms. The van der Waals surface area contributed by atoms with Gasteiger partial charge in [-0.2, -0.15) is 10.1 Å². The lowest BCUT2D eigenvalue weighted by atomic mass is 10.2. The van der Waals surface area contributed by atoms with Gasteiger partial charge >= 0.3 is 0 Å². The van der Waals surface area contributed by atoms with Crippen LogP contribution in [0, 0.1) is 0 Å². The van der Waals surface area contributed by atoms with Gasteiger partial charge < -0.3 is 4.57 Å². The van der Waals surface area contributed by atoms with Gasteiger partial charge in [-0.05, 0) is 12.5 Å². The van der Waals surface area contributed by atoms with Crippen molar-refractivity contribution in [3.05, 3.63) is 33.8 Å². The van der Waals surface area contributed by atoms with Gasteiger partial charge in [0.1, 0.15) is 0 Å². The lowest BCUT2D eigenvalue weighted by Crippen LogP contribution is -2.12. The molecule has 0 saturated carbocycles. The van der Waals surface area contributed by atoms with Crippen molar-refractivity contribution >= 4 is 17.2 Å². The Morgan fingerprint density at radius 2 is 2.47 bits per heavy atom. The van der Waals surface area contributed by atoms with Crippen LogP contribution in [0.2, 0.25) is 0 Å². The summed E-state index contributed by atoms with van der Waals surface area (Å²) in [6.45, 7) is 2.08. The third-order valence-electron chi connectivity index (χ3n) is 2.33. The number of rotatable bonds is 3. The predicted molar refractivity (Wildman–Crippen MR) is 65.8 cm³/mol. The van der Waals surface area contributed by atoms with Crippen LogP contribution in [0.3, 0.4) is 0 Å². The second kappa shape index (κ2) is 5.09. The Morgan fingerprint density at radius 1 is 1.65 bits per heavy atom. The molecule has 0 radical (unpaired) electrons. The first kappa shape index (κ1) is 11.8. The molecule has 0 saturated heterocycles. The second-order valence-electron chi connectivity index (χ2n) is 3.74. The summed E-state index contributed by atoms with van der Waals surface area (Å²) in [6, 6.07) is 1.77. The number of aromatic amines is 1. The molecule has 0 aliphatic carbocycles. The highest BCUT2D eigenvalue weighted by atomic mass is 32.1. The smallest absolute Gasteiger partial charge is 0.300 e. The number of H-pyrrole nitrogens is 1. The first-order valence-electron chi connectivity index (χ1n) is 5.44. The van der Waals surface area contributed by atoms with Gasteiger partial charge in [0.25, 0.3) is 5.91 Å². The number of carbonyl (C=O) groups is 1. The van der Waals surface area contributed by atoms with Gasteiger partial charge in [0, 0.05) is 24.3 Å². The lowest BCUT2D eigenvalue weighted by Gasteiger charge is -1.89. The minimum absolute atomic E-state index is 0.304. The first-order valence-corrected chi connectivity index (χ1v) is 6.32. The Hall–Kier alpha value is -1.69. The zero-order chi connectivity index (χ0) is 12.3. The van der Waals surface area contributed by atoms with E-state index < -0.39 is 0 Å². The maximum absolute atomic E-state index is 11.8. The van der Waals surface area contributed by atoms with Crippen molar-refractivity contribution in [3.8, 4) is 0 Å². The summed E-state index contributed by atoms with van der Waals surface area (Å²) >= 11 is 1.43. The van der Waals surface area contributed by atoms with Crippen LogP contribution >= 0.6 is 11.3 Å². The molecule has 0 aliphatic rings. The number of carbonyl (C=O) groups excluding carboxylic acids is 1. The van der Waals surface area contributed by atoms with Gasteiger partial charge in [-0.25, -0.2) is 0 Å². The van der Waals surface area contributed by atoms with Crippen molar-refractivity contribution in [2.45, 2.75) is 19.8 Å². The number of hydrogen-bond donors (Lipinski definition) is 1. The van der Waals surface area contributed by atoms with Gasteiger partial charge in [0.2, 0.25) is 0 Å². The van der Waals surface area contributed by atoms with E-state index in [1.54, 1.807) is 6.07 Å². The number of aromatic nitrogens is 3.